The fraction of sp³-hybridized carbons (Fsp3) is 0.235. The molecule has 0 unspecified atom stereocenters. The molecule has 0 radical (unpaired) electrons. The highest BCUT2D eigenvalue weighted by atomic mass is 19.2. The maximum absolute atomic E-state index is 13.1. The Morgan fingerprint density at radius 2 is 1.67 bits per heavy atom. The first-order valence-corrected chi connectivity index (χ1v) is 7.02. The van der Waals surface area contributed by atoms with Gasteiger partial charge in [-0.3, -0.25) is 4.79 Å². The summed E-state index contributed by atoms with van der Waals surface area (Å²) in [5.74, 6) is -2.21. The fourth-order valence-corrected chi connectivity index (χ4v) is 2.65. The Morgan fingerprint density at radius 1 is 0.905 bits per heavy atom. The Bertz CT molecular complexity index is 697. The van der Waals surface area contributed by atoms with Gasteiger partial charge in [0.15, 0.2) is 11.6 Å². The van der Waals surface area contributed by atoms with Gasteiger partial charge in [-0.25, -0.2) is 8.78 Å². The van der Waals surface area contributed by atoms with Gasteiger partial charge >= 0.3 is 0 Å². The van der Waals surface area contributed by atoms with Crippen LogP contribution in [-0.2, 0) is 12.8 Å². The molecular formula is C17H15F2NO. The quantitative estimate of drug-likeness (QED) is 0.885. The normalized spacial score (nSPS) is 13.6. The van der Waals surface area contributed by atoms with Crippen molar-refractivity contribution >= 4 is 11.6 Å². The molecule has 0 fully saturated rings. The van der Waals surface area contributed by atoms with Gasteiger partial charge in [0.2, 0.25) is 0 Å². The number of carbonyl (C=O) groups excluding carboxylic acids is 1. The summed E-state index contributed by atoms with van der Waals surface area (Å²) in [4.78, 5) is 12.2. The largest absolute Gasteiger partial charge is 0.322 e. The maximum atomic E-state index is 13.1. The summed E-state index contributed by atoms with van der Waals surface area (Å²) in [7, 11) is 0. The van der Waals surface area contributed by atoms with Gasteiger partial charge in [0, 0.05) is 17.3 Å². The second-order valence-corrected chi connectivity index (χ2v) is 5.27. The number of nitrogens with one attached hydrogen (secondary N) is 1. The van der Waals surface area contributed by atoms with Crippen molar-refractivity contribution in [1.29, 1.82) is 0 Å². The van der Waals surface area contributed by atoms with E-state index in [1.165, 1.54) is 23.6 Å². The van der Waals surface area contributed by atoms with E-state index in [2.05, 4.69) is 5.32 Å². The van der Waals surface area contributed by atoms with Crippen molar-refractivity contribution in [2.45, 2.75) is 25.7 Å². The number of hydrogen-bond acceptors (Lipinski definition) is 1. The van der Waals surface area contributed by atoms with Crippen LogP contribution in [0.5, 0.6) is 0 Å². The third-order valence-corrected chi connectivity index (χ3v) is 3.79. The minimum atomic E-state index is -0.974. The lowest BCUT2D eigenvalue weighted by Gasteiger charge is -2.16. The third kappa shape index (κ3) is 2.94. The van der Waals surface area contributed by atoms with Gasteiger partial charge in [0.25, 0.3) is 5.91 Å². The van der Waals surface area contributed by atoms with Crippen LogP contribution in [-0.4, -0.2) is 5.91 Å². The molecule has 0 spiro atoms. The second-order valence-electron chi connectivity index (χ2n) is 5.27. The van der Waals surface area contributed by atoms with Crippen LogP contribution in [0, 0.1) is 11.6 Å². The molecule has 21 heavy (non-hydrogen) atoms. The van der Waals surface area contributed by atoms with Gasteiger partial charge in [0.1, 0.15) is 0 Å². The third-order valence-electron chi connectivity index (χ3n) is 3.79. The van der Waals surface area contributed by atoms with Crippen LogP contribution in [0.3, 0.4) is 0 Å². The molecule has 2 aromatic rings. The van der Waals surface area contributed by atoms with E-state index in [1.807, 2.05) is 12.1 Å². The Hall–Kier alpha value is -2.23. The van der Waals surface area contributed by atoms with E-state index in [1.54, 1.807) is 6.07 Å². The highest BCUT2D eigenvalue weighted by molar-refractivity contribution is 6.04. The van der Waals surface area contributed by atoms with E-state index in [9.17, 15) is 13.6 Å². The molecule has 1 aliphatic carbocycles. The second kappa shape index (κ2) is 5.64. The van der Waals surface area contributed by atoms with Crippen molar-refractivity contribution in [3.63, 3.8) is 0 Å². The summed E-state index contributed by atoms with van der Waals surface area (Å²) >= 11 is 0. The van der Waals surface area contributed by atoms with E-state index in [0.717, 1.165) is 31.4 Å². The van der Waals surface area contributed by atoms with Crippen molar-refractivity contribution < 1.29 is 13.6 Å². The molecule has 3 rings (SSSR count). The molecule has 0 aliphatic heterocycles. The molecule has 1 aliphatic rings. The number of amides is 1. The first-order chi connectivity index (χ1) is 10.1. The first-order valence-electron chi connectivity index (χ1n) is 7.02. The first kappa shape index (κ1) is 13.7. The van der Waals surface area contributed by atoms with E-state index in [-0.39, 0.29) is 11.6 Å². The summed E-state index contributed by atoms with van der Waals surface area (Å²) in [5, 5.41) is 2.59. The van der Waals surface area contributed by atoms with E-state index < -0.39 is 11.6 Å². The van der Waals surface area contributed by atoms with Crippen molar-refractivity contribution in [2.75, 3.05) is 5.32 Å². The molecule has 0 aromatic heterocycles. The van der Waals surface area contributed by atoms with E-state index in [4.69, 9.17) is 0 Å². The van der Waals surface area contributed by atoms with Crippen molar-refractivity contribution in [2.24, 2.45) is 0 Å². The van der Waals surface area contributed by atoms with Crippen LogP contribution >= 0.6 is 0 Å². The SMILES string of the molecule is O=C(Nc1ccc(F)c(F)c1)c1ccc2c(c1)CCCC2. The molecule has 0 atom stereocenters. The summed E-state index contributed by atoms with van der Waals surface area (Å²) in [6, 6.07) is 8.97. The van der Waals surface area contributed by atoms with Gasteiger partial charge in [-0.15, -0.1) is 0 Å². The number of benzene rings is 2. The van der Waals surface area contributed by atoms with Crippen LogP contribution in [0.1, 0.15) is 34.3 Å². The van der Waals surface area contributed by atoms with E-state index >= 15 is 0 Å². The standard InChI is InChI=1S/C17H15F2NO/c18-15-8-7-14(10-16(15)19)20-17(21)13-6-5-11-3-1-2-4-12(11)9-13/h5-10H,1-4H2,(H,20,21). The van der Waals surface area contributed by atoms with Crippen molar-refractivity contribution in [3.05, 3.63) is 64.7 Å². The highest BCUT2D eigenvalue weighted by Crippen LogP contribution is 2.23. The van der Waals surface area contributed by atoms with Crippen LogP contribution in [0.2, 0.25) is 0 Å². The number of halogens is 2. The molecule has 1 N–H and O–H groups in total. The minimum Gasteiger partial charge on any atom is -0.322 e. The topological polar surface area (TPSA) is 29.1 Å². The van der Waals surface area contributed by atoms with Crippen LogP contribution in [0.25, 0.3) is 0 Å². The lowest BCUT2D eigenvalue weighted by Crippen LogP contribution is -2.14. The molecule has 108 valence electrons. The van der Waals surface area contributed by atoms with E-state index in [0.29, 0.717) is 5.56 Å². The summed E-state index contributed by atoms with van der Waals surface area (Å²) < 4.78 is 26.0. The number of fused-ring (bicyclic) bond motifs is 1. The zero-order valence-corrected chi connectivity index (χ0v) is 11.5. The highest BCUT2D eigenvalue weighted by Gasteiger charge is 2.13. The summed E-state index contributed by atoms with van der Waals surface area (Å²) in [6.45, 7) is 0. The Morgan fingerprint density at radius 3 is 2.43 bits per heavy atom. The smallest absolute Gasteiger partial charge is 0.255 e. The number of aryl methyl sites for hydroxylation is 2. The number of hydrogen-bond donors (Lipinski definition) is 1. The van der Waals surface area contributed by atoms with Gasteiger partial charge in [-0.05, 0) is 61.1 Å². The molecule has 4 heteroatoms. The Balaban J connectivity index is 1.80. The minimum absolute atomic E-state index is 0.247. The van der Waals surface area contributed by atoms with Gasteiger partial charge in [-0.1, -0.05) is 6.07 Å². The molecular weight excluding hydrogens is 272 g/mol. The average Bonchev–Trinajstić information content (AvgIpc) is 2.50. The lowest BCUT2D eigenvalue weighted by molar-refractivity contribution is 0.102. The zero-order valence-electron chi connectivity index (χ0n) is 11.5. The van der Waals surface area contributed by atoms with Gasteiger partial charge in [-0.2, -0.15) is 0 Å². The van der Waals surface area contributed by atoms with Crippen LogP contribution in [0.4, 0.5) is 14.5 Å². The molecule has 0 bridgehead atoms. The lowest BCUT2D eigenvalue weighted by atomic mass is 9.90. The van der Waals surface area contributed by atoms with Crippen molar-refractivity contribution in [1.82, 2.24) is 0 Å². The molecule has 0 saturated heterocycles. The molecule has 2 aromatic carbocycles. The average molecular weight is 287 g/mol. The van der Waals surface area contributed by atoms with Crippen LogP contribution < -0.4 is 5.32 Å². The Kier molecular flexibility index (Phi) is 3.69. The Labute approximate surface area is 121 Å². The molecule has 0 heterocycles. The number of rotatable bonds is 2. The summed E-state index contributed by atoms with van der Waals surface area (Å²) in [5.41, 5.74) is 3.29. The monoisotopic (exact) mass is 287 g/mol. The number of anilines is 1. The van der Waals surface area contributed by atoms with Crippen molar-refractivity contribution in [3.8, 4) is 0 Å². The molecule has 0 saturated carbocycles. The number of carbonyl (C=O) groups is 1. The van der Waals surface area contributed by atoms with Gasteiger partial charge < -0.3 is 5.32 Å². The van der Waals surface area contributed by atoms with Gasteiger partial charge in [0.05, 0.1) is 0 Å². The van der Waals surface area contributed by atoms with Crippen LogP contribution in [0.15, 0.2) is 36.4 Å². The fourth-order valence-electron chi connectivity index (χ4n) is 2.65. The maximum Gasteiger partial charge on any atom is 0.255 e. The molecule has 1 amide bonds. The zero-order chi connectivity index (χ0) is 14.8. The predicted molar refractivity (Wildman–Crippen MR) is 77.4 cm³/mol. The predicted octanol–water partition coefficient (Wildman–Crippen LogP) is 4.10. The molecule has 2 nitrogen and oxygen atoms in total. The summed E-state index contributed by atoms with van der Waals surface area (Å²) in [6.07, 6.45) is 4.37.